The highest BCUT2D eigenvalue weighted by Crippen LogP contribution is 2.46. The Bertz CT molecular complexity index is 1750. The van der Waals surface area contributed by atoms with Gasteiger partial charge in [-0.3, -0.25) is 29.0 Å². The Morgan fingerprint density at radius 3 is 1.59 bits per heavy atom. The van der Waals surface area contributed by atoms with Gasteiger partial charge in [-0.1, -0.05) is 55.5 Å². The number of carbonyl (C=O) groups excluding carboxylic acids is 4. The number of benzene rings is 4. The second-order valence-electron chi connectivity index (χ2n) is 12.7. The standard InChI is InChI=1S/C36H36N4O4/c1-23-15-16-36(23,21-37-17-18-39-32(41)26-11-3-7-24-8-4-12-27(30(24)26)33(39)42)22-38(2)19-20-40-34(43)28-13-5-9-25-10-6-14-29(31(25)28)35(40)44/h3-14,23,37H,15-22H2,1-2H3. The van der Waals surface area contributed by atoms with Gasteiger partial charge in [0, 0.05) is 72.3 Å². The number of amides is 4. The Labute approximate surface area is 256 Å². The van der Waals surface area contributed by atoms with Gasteiger partial charge in [-0.15, -0.1) is 0 Å². The molecule has 2 unspecified atom stereocenters. The molecule has 1 fully saturated rings. The lowest BCUT2D eigenvalue weighted by Gasteiger charge is -2.50. The molecular formula is C36H36N4O4. The second kappa shape index (κ2) is 10.9. The lowest BCUT2D eigenvalue weighted by Crippen LogP contribution is -2.54. The molecule has 8 nitrogen and oxygen atoms in total. The Morgan fingerprint density at radius 2 is 1.18 bits per heavy atom. The van der Waals surface area contributed by atoms with E-state index in [1.807, 2.05) is 55.6 Å². The van der Waals surface area contributed by atoms with Gasteiger partial charge in [0.2, 0.25) is 0 Å². The van der Waals surface area contributed by atoms with Crippen molar-refractivity contribution in [1.82, 2.24) is 20.0 Å². The summed E-state index contributed by atoms with van der Waals surface area (Å²) in [5.41, 5.74) is 2.36. The van der Waals surface area contributed by atoms with Gasteiger partial charge in [0.05, 0.1) is 0 Å². The number of hydrogen-bond donors (Lipinski definition) is 1. The van der Waals surface area contributed by atoms with Crippen molar-refractivity contribution in [2.75, 3.05) is 46.3 Å². The Morgan fingerprint density at radius 1 is 0.727 bits per heavy atom. The molecule has 3 aliphatic rings. The van der Waals surface area contributed by atoms with E-state index in [1.54, 1.807) is 24.3 Å². The first kappa shape index (κ1) is 28.4. The molecule has 4 amide bonds. The number of rotatable bonds is 10. The first-order chi connectivity index (χ1) is 21.3. The summed E-state index contributed by atoms with van der Waals surface area (Å²) in [4.78, 5) is 58.1. The van der Waals surface area contributed by atoms with Crippen LogP contribution in [0.15, 0.2) is 72.8 Å². The van der Waals surface area contributed by atoms with E-state index in [-0.39, 0.29) is 29.0 Å². The number of imide groups is 2. The number of hydrogen-bond acceptors (Lipinski definition) is 6. The van der Waals surface area contributed by atoms with E-state index in [1.165, 1.54) is 9.80 Å². The SMILES string of the molecule is CC1CCC1(CNCCN1C(=O)c2cccc3cccc(c23)C1=O)CN(C)CCN1C(=O)c2cccc3cccc(c23)C1=O. The van der Waals surface area contributed by atoms with Crippen molar-refractivity contribution in [3.05, 3.63) is 95.1 Å². The predicted molar refractivity (Wildman–Crippen MR) is 170 cm³/mol. The van der Waals surface area contributed by atoms with Crippen LogP contribution in [0, 0.1) is 11.3 Å². The molecule has 1 N–H and O–H groups in total. The summed E-state index contributed by atoms with van der Waals surface area (Å²) in [7, 11) is 2.05. The monoisotopic (exact) mass is 588 g/mol. The molecule has 1 saturated carbocycles. The third kappa shape index (κ3) is 4.52. The number of nitrogens with one attached hydrogen (secondary N) is 1. The maximum atomic E-state index is 13.3. The molecule has 0 radical (unpaired) electrons. The van der Waals surface area contributed by atoms with Gasteiger partial charge in [-0.2, -0.15) is 0 Å². The van der Waals surface area contributed by atoms with Gasteiger partial charge in [-0.05, 0) is 66.3 Å². The van der Waals surface area contributed by atoms with Crippen molar-refractivity contribution >= 4 is 45.2 Å². The quantitative estimate of drug-likeness (QED) is 0.211. The van der Waals surface area contributed by atoms with Gasteiger partial charge in [0.25, 0.3) is 23.6 Å². The summed E-state index contributed by atoms with van der Waals surface area (Å²) in [5.74, 6) is -0.451. The summed E-state index contributed by atoms with van der Waals surface area (Å²) in [5, 5.41) is 6.85. The fourth-order valence-corrected chi connectivity index (χ4v) is 7.38. The van der Waals surface area contributed by atoms with Crippen LogP contribution >= 0.6 is 0 Å². The van der Waals surface area contributed by atoms with Gasteiger partial charge in [0.15, 0.2) is 0 Å². The summed E-state index contributed by atoms with van der Waals surface area (Å²) in [6.45, 7) is 5.56. The molecule has 2 heterocycles. The molecule has 44 heavy (non-hydrogen) atoms. The summed E-state index contributed by atoms with van der Waals surface area (Å²) < 4.78 is 0. The van der Waals surface area contributed by atoms with Crippen LogP contribution in [-0.2, 0) is 0 Å². The Hall–Kier alpha value is -4.40. The lowest BCUT2D eigenvalue weighted by molar-refractivity contribution is 0.00806. The van der Waals surface area contributed by atoms with Crippen molar-refractivity contribution in [2.24, 2.45) is 11.3 Å². The fourth-order valence-electron chi connectivity index (χ4n) is 7.38. The van der Waals surface area contributed by atoms with Crippen LogP contribution in [0.4, 0.5) is 0 Å². The number of nitrogens with zero attached hydrogens (tertiary/aromatic N) is 3. The second-order valence-corrected chi connectivity index (χ2v) is 12.7. The summed E-state index contributed by atoms with van der Waals surface area (Å²) in [6, 6.07) is 22.4. The van der Waals surface area contributed by atoms with Crippen LogP contribution in [0.3, 0.4) is 0 Å². The topological polar surface area (TPSA) is 90.0 Å². The van der Waals surface area contributed by atoms with E-state index in [9.17, 15) is 19.2 Å². The molecule has 8 heteroatoms. The minimum absolute atomic E-state index is 0.0387. The van der Waals surface area contributed by atoms with E-state index < -0.39 is 0 Å². The van der Waals surface area contributed by atoms with E-state index in [2.05, 4.69) is 17.1 Å². The molecule has 2 aliphatic heterocycles. The highest BCUT2D eigenvalue weighted by atomic mass is 16.2. The normalized spacial score (nSPS) is 21.1. The van der Waals surface area contributed by atoms with Crippen LogP contribution < -0.4 is 5.32 Å². The maximum Gasteiger partial charge on any atom is 0.261 e. The van der Waals surface area contributed by atoms with E-state index >= 15 is 0 Å². The van der Waals surface area contributed by atoms with Gasteiger partial charge >= 0.3 is 0 Å². The lowest BCUT2D eigenvalue weighted by atomic mass is 9.60. The van der Waals surface area contributed by atoms with Crippen molar-refractivity contribution in [3.8, 4) is 0 Å². The van der Waals surface area contributed by atoms with Crippen molar-refractivity contribution in [3.63, 3.8) is 0 Å². The molecule has 7 rings (SSSR count). The van der Waals surface area contributed by atoms with Gasteiger partial charge in [-0.25, -0.2) is 0 Å². The molecule has 0 bridgehead atoms. The van der Waals surface area contributed by atoms with Crippen LogP contribution in [0.5, 0.6) is 0 Å². The minimum Gasteiger partial charge on any atom is -0.314 e. The highest BCUT2D eigenvalue weighted by molar-refractivity contribution is 6.26. The van der Waals surface area contributed by atoms with E-state index in [4.69, 9.17) is 0 Å². The smallest absolute Gasteiger partial charge is 0.261 e. The molecule has 4 aromatic rings. The maximum absolute atomic E-state index is 13.3. The Kier molecular flexibility index (Phi) is 7.06. The first-order valence-electron chi connectivity index (χ1n) is 15.4. The third-order valence-electron chi connectivity index (χ3n) is 10.1. The molecular weight excluding hydrogens is 552 g/mol. The summed E-state index contributed by atoms with van der Waals surface area (Å²) in [6.07, 6.45) is 2.21. The van der Waals surface area contributed by atoms with E-state index in [0.717, 1.165) is 47.5 Å². The number of carbonyl (C=O) groups is 4. The van der Waals surface area contributed by atoms with Crippen LogP contribution in [-0.4, -0.2) is 84.6 Å². The molecule has 0 saturated heterocycles. The predicted octanol–water partition coefficient (Wildman–Crippen LogP) is 4.82. The zero-order valence-electron chi connectivity index (χ0n) is 25.1. The average Bonchev–Trinajstić information content (AvgIpc) is 3.04. The van der Waals surface area contributed by atoms with Crippen molar-refractivity contribution < 1.29 is 19.2 Å². The van der Waals surface area contributed by atoms with Crippen molar-refractivity contribution in [1.29, 1.82) is 0 Å². The molecule has 0 aromatic heterocycles. The summed E-state index contributed by atoms with van der Waals surface area (Å²) >= 11 is 0. The van der Waals surface area contributed by atoms with Crippen LogP contribution in [0.25, 0.3) is 21.5 Å². The molecule has 224 valence electrons. The third-order valence-corrected chi connectivity index (χ3v) is 10.1. The number of likely N-dealkylation sites (N-methyl/N-ethyl adjacent to an activating group) is 1. The van der Waals surface area contributed by atoms with Crippen LogP contribution in [0.2, 0.25) is 0 Å². The van der Waals surface area contributed by atoms with Crippen molar-refractivity contribution in [2.45, 2.75) is 19.8 Å². The first-order valence-corrected chi connectivity index (χ1v) is 15.4. The highest BCUT2D eigenvalue weighted by Gasteiger charge is 2.44. The van der Waals surface area contributed by atoms with Gasteiger partial charge < -0.3 is 10.2 Å². The molecule has 1 aliphatic carbocycles. The molecule has 4 aromatic carbocycles. The zero-order valence-corrected chi connectivity index (χ0v) is 25.1. The van der Waals surface area contributed by atoms with E-state index in [0.29, 0.717) is 54.4 Å². The largest absolute Gasteiger partial charge is 0.314 e. The molecule has 2 atom stereocenters. The fraction of sp³-hybridized carbons (Fsp3) is 0.333. The zero-order chi connectivity index (χ0) is 30.6. The molecule has 0 spiro atoms. The van der Waals surface area contributed by atoms with Crippen LogP contribution in [0.1, 0.15) is 61.2 Å². The van der Waals surface area contributed by atoms with Gasteiger partial charge in [0.1, 0.15) is 0 Å². The minimum atomic E-state index is -0.242. The Balaban J connectivity index is 0.961. The average molecular weight is 589 g/mol.